The fourth-order valence-corrected chi connectivity index (χ4v) is 7.60. The first-order chi connectivity index (χ1) is 23.1. The van der Waals surface area contributed by atoms with Gasteiger partial charge in [0.05, 0.1) is 11.4 Å². The van der Waals surface area contributed by atoms with Gasteiger partial charge in [0.2, 0.25) is 0 Å². The Kier molecular flexibility index (Phi) is 6.39. The number of aliphatic imine (C=N–C) groups is 1. The maximum atomic E-state index is 5.58. The maximum absolute atomic E-state index is 5.58. The summed E-state index contributed by atoms with van der Waals surface area (Å²) in [7, 11) is 0. The summed E-state index contributed by atoms with van der Waals surface area (Å²) in [6, 6.07) is 43.3. The van der Waals surface area contributed by atoms with Crippen LogP contribution in [0.4, 0.5) is 0 Å². The molecule has 2 heterocycles. The Morgan fingerprint density at radius 2 is 1.38 bits per heavy atom. The van der Waals surface area contributed by atoms with Gasteiger partial charge in [-0.15, -0.1) is 0 Å². The predicted molar refractivity (Wildman–Crippen MR) is 196 cm³/mol. The van der Waals surface area contributed by atoms with Crippen molar-refractivity contribution in [3.8, 4) is 11.3 Å². The van der Waals surface area contributed by atoms with Crippen molar-refractivity contribution in [3.63, 3.8) is 0 Å². The molecule has 3 nitrogen and oxygen atoms in total. The van der Waals surface area contributed by atoms with Crippen LogP contribution in [0.25, 0.3) is 44.6 Å². The van der Waals surface area contributed by atoms with Crippen molar-refractivity contribution in [1.82, 2.24) is 10.3 Å². The molecule has 0 bridgehead atoms. The minimum Gasteiger partial charge on any atom is -0.357 e. The number of nitrogens with one attached hydrogen (secondary N) is 1. The second-order valence-electron chi connectivity index (χ2n) is 12.8. The second kappa shape index (κ2) is 10.9. The van der Waals surface area contributed by atoms with Crippen molar-refractivity contribution in [1.29, 1.82) is 0 Å². The third-order valence-corrected chi connectivity index (χ3v) is 9.92. The average Bonchev–Trinajstić information content (AvgIpc) is 3.14. The molecule has 1 aliphatic heterocycles. The third kappa shape index (κ3) is 4.66. The summed E-state index contributed by atoms with van der Waals surface area (Å²) in [6.45, 7) is 2.20. The van der Waals surface area contributed by atoms with Crippen LogP contribution in [0.15, 0.2) is 168 Å². The summed E-state index contributed by atoms with van der Waals surface area (Å²) < 4.78 is 0. The zero-order valence-electron chi connectivity index (χ0n) is 26.1. The Balaban J connectivity index is 1.25. The number of pyridine rings is 1. The molecule has 224 valence electrons. The maximum Gasteiger partial charge on any atom is 0.153 e. The Morgan fingerprint density at radius 3 is 2.21 bits per heavy atom. The number of hydrogen-bond donors (Lipinski definition) is 1. The van der Waals surface area contributed by atoms with E-state index in [1.54, 1.807) is 0 Å². The molecule has 9 rings (SSSR count). The molecule has 0 fully saturated rings. The van der Waals surface area contributed by atoms with Gasteiger partial charge >= 0.3 is 0 Å². The number of aromatic nitrogens is 1. The lowest BCUT2D eigenvalue weighted by Crippen LogP contribution is -2.41. The predicted octanol–water partition coefficient (Wildman–Crippen LogP) is 10.2. The molecule has 0 saturated carbocycles. The molecule has 0 saturated heterocycles. The second-order valence-corrected chi connectivity index (χ2v) is 12.8. The first-order valence-corrected chi connectivity index (χ1v) is 16.3. The lowest BCUT2D eigenvalue weighted by atomic mass is 9.71. The first-order valence-electron chi connectivity index (χ1n) is 16.3. The van der Waals surface area contributed by atoms with Crippen LogP contribution in [0.3, 0.4) is 0 Å². The zero-order valence-corrected chi connectivity index (χ0v) is 26.1. The number of rotatable bonds is 4. The first kappa shape index (κ1) is 27.5. The monoisotopic (exact) mass is 603 g/mol. The number of allylic oxidation sites excluding steroid dienone is 6. The molecule has 1 N–H and O–H groups in total. The highest BCUT2D eigenvalue weighted by atomic mass is 15.2. The molecular formula is C44H33N3. The van der Waals surface area contributed by atoms with Crippen molar-refractivity contribution in [2.75, 3.05) is 0 Å². The number of fused-ring (bicyclic) bond motifs is 6. The van der Waals surface area contributed by atoms with E-state index in [9.17, 15) is 0 Å². The fraction of sp³-hybridized carbons (Fsp3) is 0.0909. The SMILES string of the molecule is CC1(c2ccc(-c3ccccn3)cc2)N=C(C2=Cc3ccccc3C3C=CC=CC23)C=C(c2cc3ccccc3c3ccccc23)N1. The lowest BCUT2D eigenvalue weighted by molar-refractivity contribution is 0.447. The quantitative estimate of drug-likeness (QED) is 0.204. The van der Waals surface area contributed by atoms with E-state index in [-0.39, 0.29) is 11.8 Å². The summed E-state index contributed by atoms with van der Waals surface area (Å²) in [6.07, 6.45) is 15.5. The van der Waals surface area contributed by atoms with E-state index in [0.29, 0.717) is 0 Å². The van der Waals surface area contributed by atoms with E-state index in [0.717, 1.165) is 28.2 Å². The molecule has 3 atom stereocenters. The summed E-state index contributed by atoms with van der Waals surface area (Å²) in [5.41, 5.74) is 9.56. The van der Waals surface area contributed by atoms with E-state index >= 15 is 0 Å². The minimum absolute atomic E-state index is 0.202. The van der Waals surface area contributed by atoms with Crippen LogP contribution < -0.4 is 5.32 Å². The fourth-order valence-electron chi connectivity index (χ4n) is 7.60. The molecule has 5 aromatic carbocycles. The van der Waals surface area contributed by atoms with E-state index < -0.39 is 5.66 Å². The van der Waals surface area contributed by atoms with Crippen LogP contribution in [-0.4, -0.2) is 10.7 Å². The largest absolute Gasteiger partial charge is 0.357 e. The van der Waals surface area contributed by atoms with Gasteiger partial charge in [-0.2, -0.15) is 0 Å². The Hall–Kier alpha value is -5.80. The van der Waals surface area contributed by atoms with Crippen molar-refractivity contribution in [2.45, 2.75) is 18.5 Å². The summed E-state index contributed by atoms with van der Waals surface area (Å²) in [5, 5.41) is 8.90. The van der Waals surface area contributed by atoms with Gasteiger partial charge in [0, 0.05) is 34.9 Å². The number of benzene rings is 5. The van der Waals surface area contributed by atoms with Gasteiger partial charge < -0.3 is 5.32 Å². The lowest BCUT2D eigenvalue weighted by Gasteiger charge is -2.38. The highest BCUT2D eigenvalue weighted by molar-refractivity contribution is 6.19. The minimum atomic E-state index is -0.712. The van der Waals surface area contributed by atoms with Crippen molar-refractivity contribution in [3.05, 3.63) is 186 Å². The summed E-state index contributed by atoms with van der Waals surface area (Å²) >= 11 is 0. The molecule has 3 aliphatic rings. The molecule has 0 radical (unpaired) electrons. The van der Waals surface area contributed by atoms with Gasteiger partial charge in [-0.05, 0) is 81.1 Å². The highest BCUT2D eigenvalue weighted by Gasteiger charge is 2.36. The number of hydrogen-bond acceptors (Lipinski definition) is 3. The summed E-state index contributed by atoms with van der Waals surface area (Å²) in [4.78, 5) is 10.2. The summed E-state index contributed by atoms with van der Waals surface area (Å²) in [5.74, 6) is 0.476. The van der Waals surface area contributed by atoms with Gasteiger partial charge in [-0.3, -0.25) is 9.98 Å². The van der Waals surface area contributed by atoms with Gasteiger partial charge in [0.25, 0.3) is 0 Å². The standard InChI is InChI=1S/C44H33N3/c1-44(32-23-21-29(22-24-32)41-20-10-11-25-45-41)46-42(39-26-30-12-2-4-14-33(30)35-16-6-8-18-37(35)39)28-43(47-44)40-27-31-13-3-5-15-34(31)36-17-7-9-19-38(36)40/h2-28,35,37,47H,1H3. The smallest absolute Gasteiger partial charge is 0.153 e. The molecule has 3 heteroatoms. The van der Waals surface area contributed by atoms with Gasteiger partial charge in [0.15, 0.2) is 5.66 Å². The molecule has 0 amide bonds. The molecule has 6 aromatic rings. The average molecular weight is 604 g/mol. The topological polar surface area (TPSA) is 37.3 Å². The Bertz CT molecular complexity index is 2340. The Morgan fingerprint density at radius 1 is 0.660 bits per heavy atom. The van der Waals surface area contributed by atoms with E-state index in [1.807, 2.05) is 24.4 Å². The number of nitrogens with zero attached hydrogens (tertiary/aromatic N) is 2. The third-order valence-electron chi connectivity index (χ3n) is 9.92. The van der Waals surface area contributed by atoms with Gasteiger partial charge in [-0.25, -0.2) is 0 Å². The van der Waals surface area contributed by atoms with E-state index in [1.165, 1.54) is 43.8 Å². The van der Waals surface area contributed by atoms with Crippen LogP contribution in [-0.2, 0) is 5.66 Å². The van der Waals surface area contributed by atoms with Crippen molar-refractivity contribution < 1.29 is 0 Å². The van der Waals surface area contributed by atoms with Crippen LogP contribution in [0, 0.1) is 5.92 Å². The molecule has 1 aromatic heterocycles. The van der Waals surface area contributed by atoms with Crippen LogP contribution in [0.5, 0.6) is 0 Å². The molecule has 2 aliphatic carbocycles. The molecule has 47 heavy (non-hydrogen) atoms. The van der Waals surface area contributed by atoms with Crippen LogP contribution in [0.2, 0.25) is 0 Å². The molecule has 3 unspecified atom stereocenters. The Labute approximate surface area is 275 Å². The van der Waals surface area contributed by atoms with Gasteiger partial charge in [0.1, 0.15) is 0 Å². The molecule has 0 spiro atoms. The van der Waals surface area contributed by atoms with E-state index in [4.69, 9.17) is 4.99 Å². The van der Waals surface area contributed by atoms with Gasteiger partial charge in [-0.1, -0.05) is 127 Å². The molecular weight excluding hydrogens is 571 g/mol. The van der Waals surface area contributed by atoms with Crippen LogP contribution >= 0.6 is 0 Å². The zero-order chi connectivity index (χ0) is 31.4. The van der Waals surface area contributed by atoms with Crippen molar-refractivity contribution in [2.24, 2.45) is 10.9 Å². The van der Waals surface area contributed by atoms with Crippen molar-refractivity contribution >= 4 is 39.0 Å². The van der Waals surface area contributed by atoms with Crippen LogP contribution in [0.1, 0.15) is 35.1 Å². The normalized spacial score (nSPS) is 21.3. The van der Waals surface area contributed by atoms with E-state index in [2.05, 4.69) is 157 Å². The highest BCUT2D eigenvalue weighted by Crippen LogP contribution is 2.45.